The molecule has 0 spiro atoms. The number of hydrogen-bond donors (Lipinski definition) is 2. The van der Waals surface area contributed by atoms with Gasteiger partial charge in [-0.25, -0.2) is 0 Å². The fraction of sp³-hybridized carbons (Fsp3) is 0.400. The molecule has 0 aliphatic heterocycles. The Morgan fingerprint density at radius 3 is 2.50 bits per heavy atom. The van der Waals surface area contributed by atoms with Gasteiger partial charge in [0.25, 0.3) is 0 Å². The van der Waals surface area contributed by atoms with Crippen molar-refractivity contribution in [1.29, 1.82) is 0 Å². The maximum absolute atomic E-state index is 12.1. The van der Waals surface area contributed by atoms with E-state index in [4.69, 9.17) is 0 Å². The third-order valence-electron chi connectivity index (χ3n) is 4.00. The maximum Gasteiger partial charge on any atom is 0.164 e. The smallest absolute Gasteiger partial charge is 0.164 e. The second-order valence-corrected chi connectivity index (χ2v) is 5.11. The van der Waals surface area contributed by atoms with Gasteiger partial charge in [-0.3, -0.25) is 4.79 Å². The second kappa shape index (κ2) is 4.34. The highest BCUT2D eigenvalue weighted by Gasteiger charge is 2.41. The van der Waals surface area contributed by atoms with Gasteiger partial charge in [0.2, 0.25) is 0 Å². The van der Waals surface area contributed by atoms with E-state index in [1.54, 1.807) is 0 Å². The Labute approximate surface area is 106 Å². The Balaban J connectivity index is 2.12. The van der Waals surface area contributed by atoms with Crippen molar-refractivity contribution < 1.29 is 15.0 Å². The first-order chi connectivity index (χ1) is 8.68. The highest BCUT2D eigenvalue weighted by atomic mass is 16.3. The molecule has 0 aromatic heterocycles. The third kappa shape index (κ3) is 1.71. The summed E-state index contributed by atoms with van der Waals surface area (Å²) in [7, 11) is 0. The van der Waals surface area contributed by atoms with Gasteiger partial charge in [0.05, 0.1) is 6.10 Å². The molecule has 0 radical (unpaired) electrons. The number of ketones is 1. The van der Waals surface area contributed by atoms with Crippen LogP contribution in [-0.2, 0) is 4.79 Å². The zero-order chi connectivity index (χ0) is 12.7. The van der Waals surface area contributed by atoms with E-state index in [1.807, 2.05) is 30.3 Å². The summed E-state index contributed by atoms with van der Waals surface area (Å²) in [5, 5.41) is 19.9. The molecule has 0 bridgehead atoms. The standard InChI is InChI=1S/C15H16O3/c16-11-7-6-10-8-12(17)13(14(10)15(11)18)9-4-2-1-3-5-9/h1-5,10-11,15-16,18H,6-8H2/t10-,11-,15+/m0/s1. The molecule has 1 saturated carbocycles. The first-order valence-electron chi connectivity index (χ1n) is 6.37. The van der Waals surface area contributed by atoms with Crippen LogP contribution < -0.4 is 0 Å². The van der Waals surface area contributed by atoms with Gasteiger partial charge in [-0.05, 0) is 29.9 Å². The average Bonchev–Trinajstić information content (AvgIpc) is 2.72. The lowest BCUT2D eigenvalue weighted by Gasteiger charge is -2.30. The molecule has 0 saturated heterocycles. The van der Waals surface area contributed by atoms with E-state index in [2.05, 4.69) is 0 Å². The predicted molar refractivity (Wildman–Crippen MR) is 67.7 cm³/mol. The predicted octanol–water partition coefficient (Wildman–Crippen LogP) is 1.54. The van der Waals surface area contributed by atoms with Crippen molar-refractivity contribution in [1.82, 2.24) is 0 Å². The number of carbonyl (C=O) groups excluding carboxylic acids is 1. The summed E-state index contributed by atoms with van der Waals surface area (Å²) in [5.74, 6) is 0.209. The second-order valence-electron chi connectivity index (χ2n) is 5.11. The molecule has 1 fully saturated rings. The lowest BCUT2D eigenvalue weighted by atomic mass is 9.81. The molecule has 0 heterocycles. The van der Waals surface area contributed by atoms with E-state index in [-0.39, 0.29) is 11.7 Å². The number of aliphatic hydroxyl groups is 2. The lowest BCUT2D eigenvalue weighted by Crippen LogP contribution is -2.35. The normalized spacial score (nSPS) is 31.7. The molecule has 0 amide bonds. The van der Waals surface area contributed by atoms with Crippen LogP contribution in [0.4, 0.5) is 0 Å². The van der Waals surface area contributed by atoms with Gasteiger partial charge in [-0.1, -0.05) is 30.3 Å². The van der Waals surface area contributed by atoms with Crippen LogP contribution in [0.3, 0.4) is 0 Å². The van der Waals surface area contributed by atoms with Crippen LogP contribution in [0, 0.1) is 5.92 Å². The molecule has 18 heavy (non-hydrogen) atoms. The highest BCUT2D eigenvalue weighted by Crippen LogP contribution is 2.43. The molecule has 3 atom stereocenters. The highest BCUT2D eigenvalue weighted by molar-refractivity contribution is 6.24. The summed E-state index contributed by atoms with van der Waals surface area (Å²) >= 11 is 0. The van der Waals surface area contributed by atoms with E-state index in [0.717, 1.165) is 17.6 Å². The van der Waals surface area contributed by atoms with E-state index in [1.165, 1.54) is 0 Å². The number of carbonyl (C=O) groups is 1. The molecule has 1 aromatic carbocycles. The quantitative estimate of drug-likeness (QED) is 0.788. The van der Waals surface area contributed by atoms with Crippen LogP contribution in [0.1, 0.15) is 24.8 Å². The van der Waals surface area contributed by atoms with Crippen molar-refractivity contribution in [2.45, 2.75) is 31.5 Å². The van der Waals surface area contributed by atoms with Gasteiger partial charge in [-0.2, -0.15) is 0 Å². The first-order valence-corrected chi connectivity index (χ1v) is 6.37. The number of fused-ring (bicyclic) bond motifs is 1. The number of Topliss-reactive ketones (excluding diaryl/α,β-unsaturated/α-hetero) is 1. The minimum absolute atomic E-state index is 0.0920. The summed E-state index contributed by atoms with van der Waals surface area (Å²) in [6.07, 6.45) is 0.218. The number of benzene rings is 1. The molecule has 3 nitrogen and oxygen atoms in total. The lowest BCUT2D eigenvalue weighted by molar-refractivity contribution is -0.113. The van der Waals surface area contributed by atoms with Crippen molar-refractivity contribution >= 4 is 11.4 Å². The van der Waals surface area contributed by atoms with Crippen molar-refractivity contribution in [3.8, 4) is 0 Å². The number of allylic oxidation sites excluding steroid dienone is 1. The fourth-order valence-corrected chi connectivity index (χ4v) is 3.12. The minimum Gasteiger partial charge on any atom is -0.390 e. The van der Waals surface area contributed by atoms with Crippen LogP contribution in [0.25, 0.3) is 5.57 Å². The Morgan fingerprint density at radius 2 is 1.78 bits per heavy atom. The van der Waals surface area contributed by atoms with E-state index >= 15 is 0 Å². The molecule has 2 N–H and O–H groups in total. The number of rotatable bonds is 1. The van der Waals surface area contributed by atoms with Crippen molar-refractivity contribution in [2.75, 3.05) is 0 Å². The Kier molecular flexibility index (Phi) is 2.80. The molecule has 0 unspecified atom stereocenters. The SMILES string of the molecule is O=C1C[C@@H]2CC[C@H](O)[C@@H](O)C2=C1c1ccccc1. The maximum atomic E-state index is 12.1. The monoisotopic (exact) mass is 244 g/mol. The molecule has 1 aromatic rings. The van der Waals surface area contributed by atoms with Gasteiger partial charge < -0.3 is 10.2 Å². The molecule has 3 rings (SSSR count). The van der Waals surface area contributed by atoms with E-state index < -0.39 is 12.2 Å². The topological polar surface area (TPSA) is 57.5 Å². The molecular formula is C15H16O3. The van der Waals surface area contributed by atoms with Crippen molar-refractivity contribution in [3.05, 3.63) is 41.5 Å². The summed E-state index contributed by atoms with van der Waals surface area (Å²) < 4.78 is 0. The van der Waals surface area contributed by atoms with Crippen molar-refractivity contribution in [2.24, 2.45) is 5.92 Å². The van der Waals surface area contributed by atoms with Crippen LogP contribution in [-0.4, -0.2) is 28.2 Å². The van der Waals surface area contributed by atoms with Gasteiger partial charge in [-0.15, -0.1) is 0 Å². The molecule has 2 aliphatic rings. The average molecular weight is 244 g/mol. The van der Waals surface area contributed by atoms with Crippen LogP contribution in [0.2, 0.25) is 0 Å². The van der Waals surface area contributed by atoms with E-state index in [0.29, 0.717) is 18.4 Å². The Bertz CT molecular complexity index is 504. The minimum atomic E-state index is -0.884. The first kappa shape index (κ1) is 11.6. The fourth-order valence-electron chi connectivity index (χ4n) is 3.12. The zero-order valence-corrected chi connectivity index (χ0v) is 10.0. The molecular weight excluding hydrogens is 228 g/mol. The molecule has 3 heteroatoms. The third-order valence-corrected chi connectivity index (χ3v) is 4.00. The van der Waals surface area contributed by atoms with Gasteiger partial charge in [0.15, 0.2) is 5.78 Å². The summed E-state index contributed by atoms with van der Waals surface area (Å²) in [4.78, 5) is 12.1. The summed E-state index contributed by atoms with van der Waals surface area (Å²) in [6.45, 7) is 0. The van der Waals surface area contributed by atoms with Crippen LogP contribution in [0.5, 0.6) is 0 Å². The summed E-state index contributed by atoms with van der Waals surface area (Å²) in [5.41, 5.74) is 2.24. The van der Waals surface area contributed by atoms with E-state index in [9.17, 15) is 15.0 Å². The molecule has 2 aliphatic carbocycles. The summed E-state index contributed by atoms with van der Waals surface area (Å²) in [6, 6.07) is 9.44. The molecule has 94 valence electrons. The Hall–Kier alpha value is -1.45. The van der Waals surface area contributed by atoms with Crippen LogP contribution >= 0.6 is 0 Å². The number of hydrogen-bond acceptors (Lipinski definition) is 3. The number of aliphatic hydroxyl groups excluding tert-OH is 2. The Morgan fingerprint density at radius 1 is 1.06 bits per heavy atom. The van der Waals surface area contributed by atoms with Gasteiger partial charge in [0, 0.05) is 12.0 Å². The van der Waals surface area contributed by atoms with Crippen LogP contribution in [0.15, 0.2) is 35.9 Å². The van der Waals surface area contributed by atoms with Gasteiger partial charge in [0.1, 0.15) is 6.10 Å². The van der Waals surface area contributed by atoms with Gasteiger partial charge >= 0.3 is 0 Å². The van der Waals surface area contributed by atoms with Crippen molar-refractivity contribution in [3.63, 3.8) is 0 Å². The largest absolute Gasteiger partial charge is 0.390 e. The zero-order valence-electron chi connectivity index (χ0n) is 10.0.